The van der Waals surface area contributed by atoms with Gasteiger partial charge in [0.15, 0.2) is 0 Å². The minimum absolute atomic E-state index is 0.0213. The normalized spacial score (nSPS) is 25.0. The predicted molar refractivity (Wildman–Crippen MR) is 73.5 cm³/mol. The lowest BCUT2D eigenvalue weighted by atomic mass is 10.2. The van der Waals surface area contributed by atoms with E-state index < -0.39 is 30.1 Å². The zero-order chi connectivity index (χ0) is 15.6. The summed E-state index contributed by atoms with van der Waals surface area (Å²) in [5.41, 5.74) is -0.527. The predicted octanol–water partition coefficient (Wildman–Crippen LogP) is -0.277. The molecule has 0 unspecified atom stereocenters. The minimum Gasteiger partial charge on any atom is -0.462 e. The van der Waals surface area contributed by atoms with Crippen molar-refractivity contribution in [2.24, 2.45) is 0 Å². The van der Waals surface area contributed by atoms with E-state index >= 15 is 0 Å². The molecule has 2 rings (SSSR count). The molecule has 9 heteroatoms. The maximum absolute atomic E-state index is 11.9. The van der Waals surface area contributed by atoms with Gasteiger partial charge in [0.25, 0.3) is 0 Å². The van der Waals surface area contributed by atoms with Crippen LogP contribution in [0.5, 0.6) is 0 Å². The van der Waals surface area contributed by atoms with E-state index in [9.17, 15) is 14.7 Å². The molecule has 0 spiro atoms. The molecule has 21 heavy (non-hydrogen) atoms. The minimum atomic E-state index is -0.888. The number of hydrogen-bond acceptors (Lipinski definition) is 7. The fraction of sp³-hybridized carbons (Fsp3) is 0.583. The van der Waals surface area contributed by atoms with Gasteiger partial charge >= 0.3 is 11.7 Å². The molecule has 1 saturated heterocycles. The number of ether oxygens (including phenoxy) is 2. The Morgan fingerprint density at radius 1 is 1.67 bits per heavy atom. The third-order valence-corrected chi connectivity index (χ3v) is 3.48. The van der Waals surface area contributed by atoms with Gasteiger partial charge < -0.3 is 19.7 Å². The molecule has 1 aromatic rings. The molecule has 1 aliphatic rings. The highest BCUT2D eigenvalue weighted by Gasteiger charge is 2.35. The number of aliphatic hydroxyl groups is 2. The average molecular weight is 316 g/mol. The number of aromatic amines is 1. The van der Waals surface area contributed by atoms with Crippen LogP contribution in [0.4, 0.5) is 0 Å². The van der Waals surface area contributed by atoms with Gasteiger partial charge in [0, 0.05) is 12.6 Å². The van der Waals surface area contributed by atoms with Crippen LogP contribution in [-0.2, 0) is 9.47 Å². The van der Waals surface area contributed by atoms with Crippen molar-refractivity contribution in [2.75, 3.05) is 13.2 Å². The summed E-state index contributed by atoms with van der Waals surface area (Å²) < 4.78 is 11.3. The van der Waals surface area contributed by atoms with Gasteiger partial charge in [-0.1, -0.05) is 12.2 Å². The first-order chi connectivity index (χ1) is 9.97. The third kappa shape index (κ3) is 3.21. The number of nitrogens with zero attached hydrogens (tertiary/aromatic N) is 1. The zero-order valence-electron chi connectivity index (χ0n) is 11.3. The summed E-state index contributed by atoms with van der Waals surface area (Å²) in [6, 6.07) is 0. The molecule has 0 aromatic carbocycles. The third-order valence-electron chi connectivity index (χ3n) is 3.16. The number of hydrogen-bond donors (Lipinski definition) is 3. The van der Waals surface area contributed by atoms with Crippen molar-refractivity contribution in [3.63, 3.8) is 0 Å². The topological polar surface area (TPSA) is 114 Å². The molecular formula is C12H16N2O6S. The van der Waals surface area contributed by atoms with Gasteiger partial charge in [-0.05, 0) is 6.92 Å². The first-order valence-electron chi connectivity index (χ1n) is 6.44. The van der Waals surface area contributed by atoms with Crippen LogP contribution in [0, 0.1) is 4.64 Å². The fourth-order valence-electron chi connectivity index (χ4n) is 2.10. The molecule has 8 nitrogen and oxygen atoms in total. The van der Waals surface area contributed by atoms with Crippen LogP contribution < -0.4 is 5.69 Å². The number of rotatable bonds is 4. The Bertz CT molecular complexity index is 639. The molecular weight excluding hydrogens is 300 g/mol. The van der Waals surface area contributed by atoms with Crippen molar-refractivity contribution >= 4 is 18.2 Å². The number of H-pyrrole nitrogens is 1. The summed E-state index contributed by atoms with van der Waals surface area (Å²) in [5, 5.41) is 18.8. The van der Waals surface area contributed by atoms with Crippen LogP contribution in [0.1, 0.15) is 29.9 Å². The van der Waals surface area contributed by atoms with Gasteiger partial charge in [-0.25, -0.2) is 9.59 Å². The van der Waals surface area contributed by atoms with Gasteiger partial charge in [0.2, 0.25) is 0 Å². The quantitative estimate of drug-likeness (QED) is 0.517. The van der Waals surface area contributed by atoms with E-state index in [1.807, 2.05) is 0 Å². The number of carbonyl (C=O) groups excluding carboxylic acids is 1. The molecule has 1 aromatic heterocycles. The Labute approximate surface area is 124 Å². The molecule has 3 N–H and O–H groups in total. The van der Waals surface area contributed by atoms with Gasteiger partial charge in [-0.3, -0.25) is 9.55 Å². The molecule has 0 radical (unpaired) electrons. The number of esters is 1. The van der Waals surface area contributed by atoms with Crippen LogP contribution in [0.2, 0.25) is 0 Å². The van der Waals surface area contributed by atoms with Crippen molar-refractivity contribution in [1.29, 1.82) is 0 Å². The van der Waals surface area contributed by atoms with E-state index in [2.05, 4.69) is 4.98 Å². The number of aliphatic hydroxyl groups excluding tert-OH is 2. The molecule has 1 fully saturated rings. The molecule has 1 aliphatic heterocycles. The summed E-state index contributed by atoms with van der Waals surface area (Å²) in [5.74, 6) is -0.648. The van der Waals surface area contributed by atoms with E-state index in [0.29, 0.717) is 0 Å². The maximum atomic E-state index is 11.9. The lowest BCUT2D eigenvalue weighted by Crippen LogP contribution is -2.29. The van der Waals surface area contributed by atoms with Crippen LogP contribution in [0.3, 0.4) is 0 Å². The average Bonchev–Trinajstić information content (AvgIpc) is 2.80. The Balaban J connectivity index is 2.37. The van der Waals surface area contributed by atoms with E-state index in [4.69, 9.17) is 26.8 Å². The first kappa shape index (κ1) is 15.8. The summed E-state index contributed by atoms with van der Waals surface area (Å²) in [6.07, 6.45) is -1.07. The number of carbonyl (C=O) groups is 1. The molecule has 0 aliphatic carbocycles. The van der Waals surface area contributed by atoms with Crippen molar-refractivity contribution in [1.82, 2.24) is 9.55 Å². The highest BCUT2D eigenvalue weighted by atomic mass is 32.1. The van der Waals surface area contributed by atoms with Gasteiger partial charge in [-0.15, -0.1) is 0 Å². The summed E-state index contributed by atoms with van der Waals surface area (Å²) in [6.45, 7) is 1.47. The zero-order valence-corrected chi connectivity index (χ0v) is 12.1. The Morgan fingerprint density at radius 2 is 2.38 bits per heavy atom. The summed E-state index contributed by atoms with van der Waals surface area (Å²) in [4.78, 5) is 26.1. The fourth-order valence-corrected chi connectivity index (χ4v) is 2.33. The Hall–Kier alpha value is -1.55. The van der Waals surface area contributed by atoms with Crippen LogP contribution >= 0.6 is 12.2 Å². The van der Waals surface area contributed by atoms with Gasteiger partial charge in [0.1, 0.15) is 22.5 Å². The molecule has 0 amide bonds. The molecule has 0 bridgehead atoms. The second kappa shape index (κ2) is 6.48. The number of nitrogens with one attached hydrogen (secondary N) is 1. The SMILES string of the molecule is CCOC(=O)c1cn([C@H]2C[C@H](O)[C@@H](CO)O2)c(=O)[nH]c1=S. The summed E-state index contributed by atoms with van der Waals surface area (Å²) >= 11 is 4.93. The highest BCUT2D eigenvalue weighted by molar-refractivity contribution is 7.71. The first-order valence-corrected chi connectivity index (χ1v) is 6.85. The monoisotopic (exact) mass is 316 g/mol. The van der Waals surface area contributed by atoms with E-state index in [0.717, 1.165) is 4.57 Å². The van der Waals surface area contributed by atoms with Crippen LogP contribution in [0.15, 0.2) is 11.0 Å². The molecule has 2 heterocycles. The van der Waals surface area contributed by atoms with Gasteiger partial charge in [-0.2, -0.15) is 0 Å². The van der Waals surface area contributed by atoms with Crippen molar-refractivity contribution in [2.45, 2.75) is 31.8 Å². The standard InChI is InChI=1S/C12H16N2O6S/c1-2-19-11(17)6-4-14(12(18)13-10(6)21)9-3-7(16)8(5-15)20-9/h4,7-9,15-16H,2-3,5H2,1H3,(H,13,18,21)/t7-,8+,9+/m0/s1. The highest BCUT2D eigenvalue weighted by Crippen LogP contribution is 2.27. The maximum Gasteiger partial charge on any atom is 0.342 e. The molecule has 3 atom stereocenters. The van der Waals surface area contributed by atoms with Gasteiger partial charge in [0.05, 0.1) is 19.3 Å². The van der Waals surface area contributed by atoms with E-state index in [1.54, 1.807) is 6.92 Å². The molecule has 0 saturated carbocycles. The van der Waals surface area contributed by atoms with Crippen LogP contribution in [-0.4, -0.2) is 51.2 Å². The largest absolute Gasteiger partial charge is 0.462 e. The smallest absolute Gasteiger partial charge is 0.342 e. The Morgan fingerprint density at radius 3 is 2.95 bits per heavy atom. The second-order valence-corrected chi connectivity index (χ2v) is 4.95. The van der Waals surface area contributed by atoms with E-state index in [-0.39, 0.29) is 29.8 Å². The van der Waals surface area contributed by atoms with Crippen molar-refractivity contribution in [3.8, 4) is 0 Å². The molecule has 116 valence electrons. The number of aromatic nitrogens is 2. The second-order valence-electron chi connectivity index (χ2n) is 4.54. The van der Waals surface area contributed by atoms with Crippen LogP contribution in [0.25, 0.3) is 0 Å². The van der Waals surface area contributed by atoms with Crippen molar-refractivity contribution < 1.29 is 24.5 Å². The lowest BCUT2D eigenvalue weighted by molar-refractivity contribution is -0.0459. The van der Waals surface area contributed by atoms with Crippen molar-refractivity contribution in [3.05, 3.63) is 26.9 Å². The summed E-state index contributed by atoms with van der Waals surface area (Å²) in [7, 11) is 0. The lowest BCUT2D eigenvalue weighted by Gasteiger charge is -2.15. The van der Waals surface area contributed by atoms with E-state index in [1.165, 1.54) is 6.20 Å². The Kier molecular flexibility index (Phi) is 4.88.